The molecule has 4 heteroatoms. The molecule has 222 valence electrons. The van der Waals surface area contributed by atoms with E-state index in [9.17, 15) is 9.90 Å². The summed E-state index contributed by atoms with van der Waals surface area (Å²) in [6.07, 6.45) is 37.4. The number of allylic oxidation sites excluding steroid dienone is 6. The number of unbranched alkanes of at least 4 members (excludes halogenated alkanes) is 15. The molecule has 0 aliphatic rings. The van der Waals surface area contributed by atoms with Crippen LogP contribution in [0.4, 0.5) is 0 Å². The summed E-state index contributed by atoms with van der Waals surface area (Å²) in [6.45, 7) is 5.23. The first-order valence-electron chi connectivity index (χ1n) is 16.1. The van der Waals surface area contributed by atoms with E-state index < -0.39 is 6.10 Å². The Bertz CT molecular complexity index is 567. The molecular formula is C34H62O4. The summed E-state index contributed by atoms with van der Waals surface area (Å²) in [7, 11) is 0. The molecular weight excluding hydrogens is 472 g/mol. The van der Waals surface area contributed by atoms with Gasteiger partial charge in [0.15, 0.2) is 0 Å². The van der Waals surface area contributed by atoms with Gasteiger partial charge in [-0.3, -0.25) is 4.79 Å². The highest BCUT2D eigenvalue weighted by molar-refractivity contribution is 5.69. The van der Waals surface area contributed by atoms with E-state index in [1.165, 1.54) is 89.9 Å². The Morgan fingerprint density at radius 1 is 0.632 bits per heavy atom. The van der Waals surface area contributed by atoms with E-state index in [1.807, 2.05) is 0 Å². The molecule has 0 bridgehead atoms. The van der Waals surface area contributed by atoms with Gasteiger partial charge in [-0.05, 0) is 64.2 Å². The van der Waals surface area contributed by atoms with Crippen molar-refractivity contribution in [1.29, 1.82) is 0 Å². The van der Waals surface area contributed by atoms with Crippen molar-refractivity contribution < 1.29 is 19.4 Å². The van der Waals surface area contributed by atoms with Crippen molar-refractivity contribution in [2.45, 2.75) is 155 Å². The number of hydrogen-bond acceptors (Lipinski definition) is 4. The SMILES string of the molecule is CCC/C=C\CCCCCCCCOCC(CO)OC(=O)CCCCCCC/C=C\C/C=C\CCCCC. The second kappa shape index (κ2) is 31.8. The van der Waals surface area contributed by atoms with Crippen LogP contribution in [0, 0.1) is 0 Å². The second-order valence-corrected chi connectivity index (χ2v) is 10.5. The Kier molecular flexibility index (Phi) is 30.7. The highest BCUT2D eigenvalue weighted by Crippen LogP contribution is 2.11. The van der Waals surface area contributed by atoms with Crippen molar-refractivity contribution in [3.05, 3.63) is 36.5 Å². The van der Waals surface area contributed by atoms with Gasteiger partial charge in [0.05, 0.1) is 13.2 Å². The lowest BCUT2D eigenvalue weighted by Gasteiger charge is -2.15. The molecule has 0 aromatic heterocycles. The van der Waals surface area contributed by atoms with Crippen LogP contribution < -0.4 is 0 Å². The highest BCUT2D eigenvalue weighted by atomic mass is 16.6. The van der Waals surface area contributed by atoms with Crippen LogP contribution >= 0.6 is 0 Å². The highest BCUT2D eigenvalue weighted by Gasteiger charge is 2.13. The molecule has 0 rings (SSSR count). The van der Waals surface area contributed by atoms with Crippen molar-refractivity contribution in [3.63, 3.8) is 0 Å². The number of esters is 1. The zero-order valence-electron chi connectivity index (χ0n) is 25.2. The van der Waals surface area contributed by atoms with Gasteiger partial charge in [-0.15, -0.1) is 0 Å². The number of rotatable bonds is 29. The van der Waals surface area contributed by atoms with Gasteiger partial charge in [-0.1, -0.05) is 115 Å². The third kappa shape index (κ3) is 29.2. The van der Waals surface area contributed by atoms with Crippen molar-refractivity contribution in [2.24, 2.45) is 0 Å². The minimum absolute atomic E-state index is 0.180. The Balaban J connectivity index is 3.51. The van der Waals surface area contributed by atoms with E-state index >= 15 is 0 Å². The third-order valence-corrected chi connectivity index (χ3v) is 6.67. The van der Waals surface area contributed by atoms with E-state index in [0.29, 0.717) is 13.0 Å². The number of hydrogen-bond donors (Lipinski definition) is 1. The van der Waals surface area contributed by atoms with E-state index in [1.54, 1.807) is 0 Å². The lowest BCUT2D eigenvalue weighted by molar-refractivity contribution is -0.154. The Morgan fingerprint density at radius 2 is 1.16 bits per heavy atom. The number of aliphatic hydroxyl groups excluding tert-OH is 1. The van der Waals surface area contributed by atoms with Crippen LogP contribution in [0.3, 0.4) is 0 Å². The van der Waals surface area contributed by atoms with Crippen LogP contribution in [0.5, 0.6) is 0 Å². The summed E-state index contributed by atoms with van der Waals surface area (Å²) in [5, 5.41) is 9.50. The minimum Gasteiger partial charge on any atom is -0.457 e. The minimum atomic E-state index is -0.541. The molecule has 0 aromatic carbocycles. The molecule has 0 saturated carbocycles. The first-order chi connectivity index (χ1) is 18.7. The molecule has 0 aliphatic heterocycles. The van der Waals surface area contributed by atoms with Crippen LogP contribution in [-0.4, -0.2) is 37.0 Å². The molecule has 0 aromatic rings. The van der Waals surface area contributed by atoms with Gasteiger partial charge in [0.2, 0.25) is 0 Å². The average Bonchev–Trinajstić information content (AvgIpc) is 2.92. The van der Waals surface area contributed by atoms with Crippen LogP contribution in [-0.2, 0) is 14.3 Å². The molecule has 0 radical (unpaired) electrons. The molecule has 0 aliphatic carbocycles. The van der Waals surface area contributed by atoms with E-state index in [-0.39, 0.29) is 19.2 Å². The maximum Gasteiger partial charge on any atom is 0.306 e. The van der Waals surface area contributed by atoms with Gasteiger partial charge in [0, 0.05) is 13.0 Å². The second-order valence-electron chi connectivity index (χ2n) is 10.5. The summed E-state index contributed by atoms with van der Waals surface area (Å²) in [5.41, 5.74) is 0. The summed E-state index contributed by atoms with van der Waals surface area (Å²) in [4.78, 5) is 12.1. The maximum absolute atomic E-state index is 12.1. The van der Waals surface area contributed by atoms with E-state index in [4.69, 9.17) is 9.47 Å². The topological polar surface area (TPSA) is 55.8 Å². The van der Waals surface area contributed by atoms with Crippen LogP contribution in [0.1, 0.15) is 149 Å². The van der Waals surface area contributed by atoms with Gasteiger partial charge in [0.25, 0.3) is 0 Å². The summed E-state index contributed by atoms with van der Waals surface area (Å²) in [6, 6.07) is 0. The fraction of sp³-hybridized carbons (Fsp3) is 0.794. The molecule has 0 amide bonds. The molecule has 38 heavy (non-hydrogen) atoms. The van der Waals surface area contributed by atoms with Gasteiger partial charge < -0.3 is 14.6 Å². The molecule has 0 spiro atoms. The summed E-state index contributed by atoms with van der Waals surface area (Å²) >= 11 is 0. The third-order valence-electron chi connectivity index (χ3n) is 6.67. The molecule has 1 N–H and O–H groups in total. The first kappa shape index (κ1) is 36.6. The monoisotopic (exact) mass is 534 g/mol. The Labute approximate surface area is 236 Å². The number of carbonyl (C=O) groups excluding carboxylic acids is 1. The van der Waals surface area contributed by atoms with Crippen LogP contribution in [0.15, 0.2) is 36.5 Å². The van der Waals surface area contributed by atoms with Gasteiger partial charge in [0.1, 0.15) is 6.10 Å². The molecule has 0 fully saturated rings. The molecule has 0 heterocycles. The van der Waals surface area contributed by atoms with Crippen molar-refractivity contribution >= 4 is 5.97 Å². The molecule has 1 atom stereocenters. The standard InChI is InChI=1S/C34H62O4/c1-3-5-7-9-11-13-15-16-17-18-19-21-23-25-27-29-34(36)38-33(31-35)32-37-30-28-26-24-22-20-14-12-10-8-6-4-2/h8,10-11,13,16-17,33,35H,3-7,9,12,14-15,18-32H2,1-2H3/b10-8-,13-11-,17-16-. The molecule has 0 saturated heterocycles. The van der Waals surface area contributed by atoms with E-state index in [0.717, 1.165) is 38.5 Å². The Morgan fingerprint density at radius 3 is 1.76 bits per heavy atom. The predicted octanol–water partition coefficient (Wildman–Crippen LogP) is 9.81. The lowest BCUT2D eigenvalue weighted by atomic mass is 10.1. The molecule has 4 nitrogen and oxygen atoms in total. The van der Waals surface area contributed by atoms with Crippen molar-refractivity contribution in [1.82, 2.24) is 0 Å². The normalized spacial score (nSPS) is 12.8. The maximum atomic E-state index is 12.1. The van der Waals surface area contributed by atoms with Crippen molar-refractivity contribution in [2.75, 3.05) is 19.8 Å². The van der Waals surface area contributed by atoms with Gasteiger partial charge in [-0.25, -0.2) is 0 Å². The quantitative estimate of drug-likeness (QED) is 0.0589. The number of ether oxygens (including phenoxy) is 2. The van der Waals surface area contributed by atoms with E-state index in [2.05, 4.69) is 50.3 Å². The Hall–Kier alpha value is -1.39. The number of carbonyl (C=O) groups is 1. The van der Waals surface area contributed by atoms with Crippen molar-refractivity contribution in [3.8, 4) is 0 Å². The smallest absolute Gasteiger partial charge is 0.306 e. The fourth-order valence-corrected chi connectivity index (χ4v) is 4.24. The predicted molar refractivity (Wildman–Crippen MR) is 164 cm³/mol. The fourth-order valence-electron chi connectivity index (χ4n) is 4.24. The van der Waals surface area contributed by atoms with Gasteiger partial charge in [-0.2, -0.15) is 0 Å². The zero-order chi connectivity index (χ0) is 27.8. The van der Waals surface area contributed by atoms with Crippen LogP contribution in [0.2, 0.25) is 0 Å². The lowest BCUT2D eigenvalue weighted by Crippen LogP contribution is -2.27. The average molecular weight is 535 g/mol. The largest absolute Gasteiger partial charge is 0.457 e. The zero-order valence-corrected chi connectivity index (χ0v) is 25.2. The van der Waals surface area contributed by atoms with Crippen LogP contribution in [0.25, 0.3) is 0 Å². The number of aliphatic hydroxyl groups is 1. The molecule has 1 unspecified atom stereocenters. The first-order valence-corrected chi connectivity index (χ1v) is 16.1. The summed E-state index contributed by atoms with van der Waals surface area (Å²) < 4.78 is 11.0. The summed E-state index contributed by atoms with van der Waals surface area (Å²) in [5.74, 6) is -0.220. The van der Waals surface area contributed by atoms with Gasteiger partial charge >= 0.3 is 5.97 Å².